The number of benzene rings is 1. The van der Waals surface area contributed by atoms with Crippen LogP contribution in [0.1, 0.15) is 15.9 Å². The topological polar surface area (TPSA) is 75.6 Å². The lowest BCUT2D eigenvalue weighted by Crippen LogP contribution is -2.43. The number of hydrogen-bond donors (Lipinski definition) is 2. The SMILES string of the molecule is Cc1cc2c(cc1C(=O)O)NC(=O)C(F)(F)O2. The van der Waals surface area contributed by atoms with Crippen LogP contribution in [0.5, 0.6) is 5.75 Å². The number of hydrogen-bond acceptors (Lipinski definition) is 3. The molecule has 0 aliphatic carbocycles. The fraction of sp³-hybridized carbons (Fsp3) is 0.200. The van der Waals surface area contributed by atoms with Crippen LogP contribution in [-0.4, -0.2) is 23.1 Å². The fourth-order valence-corrected chi connectivity index (χ4v) is 1.47. The Morgan fingerprint density at radius 1 is 1.47 bits per heavy atom. The van der Waals surface area contributed by atoms with Crippen LogP contribution in [0.3, 0.4) is 0 Å². The number of carbonyl (C=O) groups is 2. The lowest BCUT2D eigenvalue weighted by molar-refractivity contribution is -0.189. The first-order valence-corrected chi connectivity index (χ1v) is 4.57. The maximum atomic E-state index is 12.9. The number of carboxylic acid groups (broad SMARTS) is 1. The van der Waals surface area contributed by atoms with Gasteiger partial charge >= 0.3 is 18.0 Å². The number of aryl methyl sites for hydroxylation is 1. The first kappa shape index (κ1) is 11.3. The van der Waals surface area contributed by atoms with E-state index < -0.39 is 18.0 Å². The molecule has 5 nitrogen and oxygen atoms in total. The molecule has 0 spiro atoms. The van der Waals surface area contributed by atoms with E-state index in [9.17, 15) is 18.4 Å². The van der Waals surface area contributed by atoms with Crippen molar-refractivity contribution in [1.29, 1.82) is 0 Å². The van der Waals surface area contributed by atoms with E-state index in [1.165, 1.54) is 6.92 Å². The van der Waals surface area contributed by atoms with E-state index in [2.05, 4.69) is 4.74 Å². The molecule has 0 radical (unpaired) electrons. The molecule has 1 aliphatic heterocycles. The van der Waals surface area contributed by atoms with E-state index in [0.717, 1.165) is 12.1 Å². The molecule has 0 aromatic heterocycles. The number of amides is 1. The molecule has 90 valence electrons. The minimum absolute atomic E-state index is 0.0797. The van der Waals surface area contributed by atoms with Crippen molar-refractivity contribution in [2.45, 2.75) is 13.0 Å². The van der Waals surface area contributed by atoms with Gasteiger partial charge in [0.1, 0.15) is 0 Å². The Labute approximate surface area is 94.0 Å². The van der Waals surface area contributed by atoms with Gasteiger partial charge in [-0.3, -0.25) is 4.79 Å². The van der Waals surface area contributed by atoms with E-state index in [0.29, 0.717) is 0 Å². The first-order valence-electron chi connectivity index (χ1n) is 4.57. The highest BCUT2D eigenvalue weighted by atomic mass is 19.3. The third-order valence-electron chi connectivity index (χ3n) is 2.31. The van der Waals surface area contributed by atoms with Crippen molar-refractivity contribution in [3.63, 3.8) is 0 Å². The lowest BCUT2D eigenvalue weighted by atomic mass is 10.1. The second kappa shape index (κ2) is 3.41. The number of ether oxygens (including phenoxy) is 1. The zero-order chi connectivity index (χ0) is 12.8. The molecule has 7 heteroatoms. The van der Waals surface area contributed by atoms with Crippen LogP contribution in [0.4, 0.5) is 14.5 Å². The third kappa shape index (κ3) is 1.79. The van der Waals surface area contributed by atoms with Crippen LogP contribution in [0, 0.1) is 6.92 Å². The highest BCUT2D eigenvalue weighted by Crippen LogP contribution is 2.37. The molecule has 1 amide bonds. The zero-order valence-corrected chi connectivity index (χ0v) is 8.58. The van der Waals surface area contributed by atoms with Gasteiger partial charge in [0, 0.05) is 0 Å². The summed E-state index contributed by atoms with van der Waals surface area (Å²) in [6, 6.07) is 2.23. The molecule has 17 heavy (non-hydrogen) atoms. The molecule has 1 heterocycles. The van der Waals surface area contributed by atoms with Gasteiger partial charge in [0.05, 0.1) is 11.3 Å². The molecule has 2 rings (SSSR count). The number of nitrogens with one attached hydrogen (secondary N) is 1. The molecular weight excluding hydrogens is 236 g/mol. The van der Waals surface area contributed by atoms with Crippen molar-refractivity contribution in [1.82, 2.24) is 0 Å². The Kier molecular flexibility index (Phi) is 2.27. The Bertz CT molecular complexity index is 527. The molecular formula is C10H7F2NO4. The van der Waals surface area contributed by atoms with Gasteiger partial charge in [0.2, 0.25) is 0 Å². The van der Waals surface area contributed by atoms with Crippen molar-refractivity contribution in [2.24, 2.45) is 0 Å². The smallest absolute Gasteiger partial charge is 0.478 e. The molecule has 0 bridgehead atoms. The van der Waals surface area contributed by atoms with Gasteiger partial charge in [-0.05, 0) is 24.6 Å². The zero-order valence-electron chi connectivity index (χ0n) is 8.58. The highest BCUT2D eigenvalue weighted by molar-refractivity contribution is 6.00. The maximum Gasteiger partial charge on any atom is 0.482 e. The number of halogens is 2. The van der Waals surface area contributed by atoms with Gasteiger partial charge in [-0.1, -0.05) is 0 Å². The van der Waals surface area contributed by atoms with E-state index in [4.69, 9.17) is 5.11 Å². The number of aromatic carboxylic acids is 1. The molecule has 0 saturated heterocycles. The molecule has 0 fully saturated rings. The van der Waals surface area contributed by atoms with Crippen LogP contribution in [-0.2, 0) is 4.79 Å². The third-order valence-corrected chi connectivity index (χ3v) is 2.31. The number of carbonyl (C=O) groups excluding carboxylic acids is 1. The first-order chi connectivity index (χ1) is 7.81. The van der Waals surface area contributed by atoms with Gasteiger partial charge in [-0.15, -0.1) is 0 Å². The Morgan fingerprint density at radius 2 is 2.12 bits per heavy atom. The molecule has 1 aliphatic rings. The van der Waals surface area contributed by atoms with Crippen LogP contribution in [0.2, 0.25) is 0 Å². The van der Waals surface area contributed by atoms with E-state index in [-0.39, 0.29) is 22.6 Å². The van der Waals surface area contributed by atoms with Gasteiger partial charge in [0.15, 0.2) is 5.75 Å². The molecule has 0 unspecified atom stereocenters. The van der Waals surface area contributed by atoms with Crippen molar-refractivity contribution < 1.29 is 28.2 Å². The molecule has 0 atom stereocenters. The lowest BCUT2D eigenvalue weighted by Gasteiger charge is -2.25. The van der Waals surface area contributed by atoms with E-state index in [1.807, 2.05) is 5.32 Å². The predicted octanol–water partition coefficient (Wildman–Crippen LogP) is 1.62. The largest absolute Gasteiger partial charge is 0.482 e. The molecule has 1 aromatic carbocycles. The van der Waals surface area contributed by atoms with E-state index in [1.54, 1.807) is 0 Å². The number of rotatable bonds is 1. The van der Waals surface area contributed by atoms with Gasteiger partial charge in [-0.2, -0.15) is 8.78 Å². The summed E-state index contributed by atoms with van der Waals surface area (Å²) in [4.78, 5) is 21.7. The minimum Gasteiger partial charge on any atom is -0.478 e. The normalized spacial score (nSPS) is 16.8. The monoisotopic (exact) mass is 243 g/mol. The van der Waals surface area contributed by atoms with Crippen LogP contribution in [0.25, 0.3) is 0 Å². The van der Waals surface area contributed by atoms with Crippen molar-refractivity contribution in [2.75, 3.05) is 5.32 Å². The highest BCUT2D eigenvalue weighted by Gasteiger charge is 2.46. The molecule has 0 saturated carbocycles. The maximum absolute atomic E-state index is 12.9. The van der Waals surface area contributed by atoms with Crippen LogP contribution < -0.4 is 10.1 Å². The summed E-state index contributed by atoms with van der Waals surface area (Å²) < 4.78 is 30.0. The van der Waals surface area contributed by atoms with Crippen molar-refractivity contribution in [3.05, 3.63) is 23.3 Å². The summed E-state index contributed by atoms with van der Waals surface area (Å²) in [5.74, 6) is -3.08. The fourth-order valence-electron chi connectivity index (χ4n) is 1.47. The summed E-state index contributed by atoms with van der Waals surface area (Å²) >= 11 is 0. The van der Waals surface area contributed by atoms with Crippen molar-refractivity contribution in [3.8, 4) is 5.75 Å². The number of fused-ring (bicyclic) bond motifs is 1. The van der Waals surface area contributed by atoms with Crippen LogP contribution in [0.15, 0.2) is 12.1 Å². The average molecular weight is 243 g/mol. The number of alkyl halides is 2. The van der Waals surface area contributed by atoms with Gasteiger partial charge < -0.3 is 15.2 Å². The predicted molar refractivity (Wildman–Crippen MR) is 52.3 cm³/mol. The van der Waals surface area contributed by atoms with Gasteiger partial charge in [-0.25, -0.2) is 4.79 Å². The van der Waals surface area contributed by atoms with Gasteiger partial charge in [0.25, 0.3) is 0 Å². The Hall–Kier alpha value is -2.18. The number of anilines is 1. The standard InChI is InChI=1S/C10H7F2NO4/c1-4-2-7-6(3-5(4)8(14)15)13-9(16)10(11,12)17-7/h2-3H,1H3,(H,13,16)(H,14,15). The number of carboxylic acids is 1. The summed E-state index contributed by atoms with van der Waals surface area (Å²) in [5.41, 5.74) is 0.102. The summed E-state index contributed by atoms with van der Waals surface area (Å²) in [6.45, 7) is 1.45. The summed E-state index contributed by atoms with van der Waals surface area (Å²) in [7, 11) is 0. The average Bonchev–Trinajstić information content (AvgIpc) is 2.19. The van der Waals surface area contributed by atoms with Crippen molar-refractivity contribution >= 4 is 17.6 Å². The Morgan fingerprint density at radius 3 is 2.71 bits per heavy atom. The van der Waals surface area contributed by atoms with Crippen LogP contribution >= 0.6 is 0 Å². The molecule has 2 N–H and O–H groups in total. The summed E-state index contributed by atoms with van der Waals surface area (Å²) in [6.07, 6.45) is -3.94. The minimum atomic E-state index is -3.94. The Balaban J connectivity index is 2.53. The second-order valence-corrected chi connectivity index (χ2v) is 3.54. The second-order valence-electron chi connectivity index (χ2n) is 3.54. The summed E-state index contributed by atoms with van der Waals surface area (Å²) in [5, 5.41) is 10.7. The quantitative estimate of drug-likeness (QED) is 0.785. The molecule has 1 aromatic rings. The van der Waals surface area contributed by atoms with E-state index >= 15 is 0 Å².